The molecule has 1 atom stereocenters. The average molecular weight is 166 g/mol. The highest BCUT2D eigenvalue weighted by molar-refractivity contribution is 4.97. The van der Waals surface area contributed by atoms with Gasteiger partial charge in [0, 0.05) is 0 Å². The lowest BCUT2D eigenvalue weighted by Crippen LogP contribution is -2.34. The van der Waals surface area contributed by atoms with Crippen molar-refractivity contribution in [3.63, 3.8) is 0 Å². The first-order valence-corrected chi connectivity index (χ1v) is 5.77. The number of hydrogen-bond acceptors (Lipinski definition) is 0. The second-order valence-electron chi connectivity index (χ2n) is 5.16. The lowest BCUT2D eigenvalue weighted by atomic mass is 9.62. The molecule has 0 aromatic heterocycles. The van der Waals surface area contributed by atoms with Gasteiger partial charge in [-0.1, -0.05) is 26.7 Å². The van der Waals surface area contributed by atoms with Gasteiger partial charge in [0.25, 0.3) is 0 Å². The van der Waals surface area contributed by atoms with Crippen molar-refractivity contribution >= 4 is 0 Å². The van der Waals surface area contributed by atoms with Gasteiger partial charge in [0.05, 0.1) is 0 Å². The molecule has 0 saturated heterocycles. The maximum absolute atomic E-state index is 2.57. The Morgan fingerprint density at radius 2 is 1.67 bits per heavy atom. The van der Waals surface area contributed by atoms with E-state index in [0.29, 0.717) is 0 Å². The SMILES string of the molecule is CCCC(C)(C1CCC1)C1CC1. The highest BCUT2D eigenvalue weighted by Crippen LogP contribution is 2.57. The van der Waals surface area contributed by atoms with Crippen LogP contribution in [0.4, 0.5) is 0 Å². The molecule has 0 heterocycles. The zero-order valence-corrected chi connectivity index (χ0v) is 8.60. The summed E-state index contributed by atoms with van der Waals surface area (Å²) in [6.45, 7) is 4.91. The maximum Gasteiger partial charge on any atom is -0.0269 e. The van der Waals surface area contributed by atoms with Crippen molar-refractivity contribution in [3.8, 4) is 0 Å². The summed E-state index contributed by atoms with van der Waals surface area (Å²) in [6.07, 6.45) is 10.5. The van der Waals surface area contributed by atoms with E-state index in [0.717, 1.165) is 17.3 Å². The molecule has 0 bridgehead atoms. The van der Waals surface area contributed by atoms with Crippen LogP contribution in [0.1, 0.15) is 58.8 Å². The van der Waals surface area contributed by atoms with Gasteiger partial charge in [-0.25, -0.2) is 0 Å². The lowest BCUT2D eigenvalue weighted by Gasteiger charge is -2.43. The van der Waals surface area contributed by atoms with E-state index in [1.807, 2.05) is 0 Å². The molecule has 2 aliphatic rings. The van der Waals surface area contributed by atoms with Crippen molar-refractivity contribution < 1.29 is 0 Å². The Bertz CT molecular complexity index is 153. The quantitative estimate of drug-likeness (QED) is 0.592. The van der Waals surface area contributed by atoms with E-state index in [1.54, 1.807) is 0 Å². The summed E-state index contributed by atoms with van der Waals surface area (Å²) in [5, 5.41) is 0. The van der Waals surface area contributed by atoms with Crippen LogP contribution in [0.3, 0.4) is 0 Å². The Morgan fingerprint density at radius 3 is 2.00 bits per heavy atom. The normalized spacial score (nSPS) is 29.5. The van der Waals surface area contributed by atoms with E-state index in [2.05, 4.69) is 13.8 Å². The summed E-state index contributed by atoms with van der Waals surface area (Å²) < 4.78 is 0. The van der Waals surface area contributed by atoms with Gasteiger partial charge in [-0.15, -0.1) is 0 Å². The minimum atomic E-state index is 0.757. The van der Waals surface area contributed by atoms with Crippen LogP contribution in [0.5, 0.6) is 0 Å². The molecule has 0 heteroatoms. The van der Waals surface area contributed by atoms with Crippen LogP contribution < -0.4 is 0 Å². The molecule has 0 aliphatic heterocycles. The third kappa shape index (κ3) is 1.30. The van der Waals surface area contributed by atoms with Gasteiger partial charge >= 0.3 is 0 Å². The van der Waals surface area contributed by atoms with Gasteiger partial charge in [-0.3, -0.25) is 0 Å². The summed E-state index contributed by atoms with van der Waals surface area (Å²) in [6, 6.07) is 0. The largest absolute Gasteiger partial charge is 0.0654 e. The summed E-state index contributed by atoms with van der Waals surface area (Å²) in [4.78, 5) is 0. The smallest absolute Gasteiger partial charge is 0.0269 e. The monoisotopic (exact) mass is 166 g/mol. The Kier molecular flexibility index (Phi) is 2.18. The number of rotatable bonds is 4. The van der Waals surface area contributed by atoms with E-state index in [9.17, 15) is 0 Å². The molecule has 0 nitrogen and oxygen atoms in total. The first-order chi connectivity index (χ1) is 5.77. The highest BCUT2D eigenvalue weighted by Gasteiger charge is 2.47. The molecule has 0 N–H and O–H groups in total. The van der Waals surface area contributed by atoms with Crippen molar-refractivity contribution in [3.05, 3.63) is 0 Å². The van der Waals surface area contributed by atoms with Crippen molar-refractivity contribution in [2.75, 3.05) is 0 Å². The fraction of sp³-hybridized carbons (Fsp3) is 1.00. The first kappa shape index (κ1) is 8.59. The Morgan fingerprint density at radius 1 is 1.08 bits per heavy atom. The zero-order chi connectivity index (χ0) is 8.60. The molecule has 1 unspecified atom stereocenters. The molecule has 0 amide bonds. The summed E-state index contributed by atoms with van der Waals surface area (Å²) >= 11 is 0. The highest BCUT2D eigenvalue weighted by atomic mass is 14.5. The molecule has 2 aliphatic carbocycles. The van der Waals surface area contributed by atoms with Crippen molar-refractivity contribution in [2.45, 2.75) is 58.8 Å². The van der Waals surface area contributed by atoms with E-state index >= 15 is 0 Å². The van der Waals surface area contributed by atoms with Crippen LogP contribution in [0, 0.1) is 17.3 Å². The van der Waals surface area contributed by atoms with Gasteiger partial charge in [0.1, 0.15) is 0 Å². The Hall–Kier alpha value is 0. The molecule has 2 fully saturated rings. The molecule has 70 valence electrons. The van der Waals surface area contributed by atoms with Crippen LogP contribution in [0.2, 0.25) is 0 Å². The second-order valence-corrected chi connectivity index (χ2v) is 5.16. The molecule has 2 rings (SSSR count). The summed E-state index contributed by atoms with van der Waals surface area (Å²) in [5.74, 6) is 2.22. The molecule has 0 aromatic rings. The Labute approximate surface area is 76.7 Å². The Balaban J connectivity index is 1.98. The van der Waals surface area contributed by atoms with E-state index in [1.165, 1.54) is 44.9 Å². The van der Waals surface area contributed by atoms with Gasteiger partial charge in [-0.2, -0.15) is 0 Å². The topological polar surface area (TPSA) is 0 Å². The van der Waals surface area contributed by atoms with Crippen molar-refractivity contribution in [1.29, 1.82) is 0 Å². The predicted molar refractivity (Wildman–Crippen MR) is 53.1 cm³/mol. The zero-order valence-electron chi connectivity index (χ0n) is 8.60. The van der Waals surface area contributed by atoms with Crippen LogP contribution in [-0.2, 0) is 0 Å². The third-order valence-electron chi connectivity index (χ3n) is 4.34. The fourth-order valence-electron chi connectivity index (χ4n) is 3.09. The molecular formula is C12H22. The fourth-order valence-corrected chi connectivity index (χ4v) is 3.09. The van der Waals surface area contributed by atoms with Gasteiger partial charge in [0.15, 0.2) is 0 Å². The lowest BCUT2D eigenvalue weighted by molar-refractivity contribution is 0.0665. The van der Waals surface area contributed by atoms with E-state index in [4.69, 9.17) is 0 Å². The predicted octanol–water partition coefficient (Wildman–Crippen LogP) is 4.00. The average Bonchev–Trinajstić information content (AvgIpc) is 2.62. The summed E-state index contributed by atoms with van der Waals surface area (Å²) in [7, 11) is 0. The second kappa shape index (κ2) is 3.05. The third-order valence-corrected chi connectivity index (χ3v) is 4.34. The van der Waals surface area contributed by atoms with Crippen molar-refractivity contribution in [2.24, 2.45) is 17.3 Å². The van der Waals surface area contributed by atoms with Gasteiger partial charge in [-0.05, 0) is 49.4 Å². The van der Waals surface area contributed by atoms with Gasteiger partial charge in [0.2, 0.25) is 0 Å². The van der Waals surface area contributed by atoms with Crippen LogP contribution in [0.25, 0.3) is 0 Å². The first-order valence-electron chi connectivity index (χ1n) is 5.77. The molecule has 2 saturated carbocycles. The molecular weight excluding hydrogens is 144 g/mol. The maximum atomic E-state index is 2.57. The minimum absolute atomic E-state index is 0.757. The van der Waals surface area contributed by atoms with Crippen LogP contribution >= 0.6 is 0 Å². The standard InChI is InChI=1S/C12H22/c1-3-9-12(2,11-7-8-11)10-5-4-6-10/h10-11H,3-9H2,1-2H3. The molecule has 0 radical (unpaired) electrons. The molecule has 12 heavy (non-hydrogen) atoms. The minimum Gasteiger partial charge on any atom is -0.0654 e. The van der Waals surface area contributed by atoms with Crippen molar-refractivity contribution in [1.82, 2.24) is 0 Å². The number of hydrogen-bond donors (Lipinski definition) is 0. The van der Waals surface area contributed by atoms with Crippen LogP contribution in [0.15, 0.2) is 0 Å². The van der Waals surface area contributed by atoms with E-state index in [-0.39, 0.29) is 0 Å². The molecule has 0 aromatic carbocycles. The van der Waals surface area contributed by atoms with E-state index < -0.39 is 0 Å². The summed E-state index contributed by atoms with van der Waals surface area (Å²) in [5.41, 5.74) is 0.757. The van der Waals surface area contributed by atoms with Gasteiger partial charge < -0.3 is 0 Å². The molecule has 0 spiro atoms. The van der Waals surface area contributed by atoms with Crippen LogP contribution in [-0.4, -0.2) is 0 Å².